The van der Waals surface area contributed by atoms with E-state index in [-0.39, 0.29) is 5.57 Å². The minimum absolute atomic E-state index is 0.262. The van der Waals surface area contributed by atoms with Gasteiger partial charge in [-0.1, -0.05) is 44.6 Å². The summed E-state index contributed by atoms with van der Waals surface area (Å²) < 4.78 is 0.637. The number of fused-ring (bicyclic) bond motifs is 1. The van der Waals surface area contributed by atoms with Crippen molar-refractivity contribution in [3.63, 3.8) is 0 Å². The Morgan fingerprint density at radius 3 is 2.15 bits per heavy atom. The quantitative estimate of drug-likeness (QED) is 0.418. The molecule has 0 amide bonds. The molecule has 146 valence electrons. The number of allylic oxidation sites excluding steroid dienone is 3. The van der Waals surface area contributed by atoms with Crippen LogP contribution in [0, 0.1) is 0 Å². The molecule has 2 rings (SSSR count). The average molecular weight is 362 g/mol. The Balaban J connectivity index is 2.24. The minimum atomic E-state index is -1.12. The minimum Gasteiger partial charge on any atom is -0.545 e. The molecule has 0 saturated carbocycles. The van der Waals surface area contributed by atoms with Gasteiger partial charge in [0.2, 0.25) is 5.84 Å². The summed E-state index contributed by atoms with van der Waals surface area (Å²) in [7, 11) is 0. The van der Waals surface area contributed by atoms with Crippen LogP contribution in [0.4, 0.5) is 0 Å². The van der Waals surface area contributed by atoms with Crippen LogP contribution in [0.15, 0.2) is 28.0 Å². The van der Waals surface area contributed by atoms with Gasteiger partial charge in [-0.05, 0) is 51.2 Å². The lowest BCUT2D eigenvalue weighted by Crippen LogP contribution is -2.46. The number of carboxylic acids is 1. The summed E-state index contributed by atoms with van der Waals surface area (Å²) in [4.78, 5) is 13.8. The lowest BCUT2D eigenvalue weighted by molar-refractivity contribution is -0.935. The summed E-state index contributed by atoms with van der Waals surface area (Å²) in [5.41, 5.74) is 2.08. The standard InChI is InChI=1S/C21H35N3O2/c1-5-7-9-11-13-24(14-12-10-8-6-2)16-23-18(4)15-17(3)19(21(25)26)20(23)22-24/h15H,5-14,16H2,1-4H3. The second-order valence-corrected chi connectivity index (χ2v) is 7.79. The van der Waals surface area contributed by atoms with Crippen molar-refractivity contribution in [3.05, 3.63) is 22.9 Å². The molecule has 26 heavy (non-hydrogen) atoms. The Kier molecular flexibility index (Phi) is 7.44. The number of rotatable bonds is 11. The van der Waals surface area contributed by atoms with Crippen LogP contribution in [-0.4, -0.2) is 41.1 Å². The van der Waals surface area contributed by atoms with Gasteiger partial charge in [-0.15, -0.1) is 0 Å². The molecule has 0 bridgehead atoms. The number of carbonyl (C=O) groups is 1. The lowest BCUT2D eigenvalue weighted by atomic mass is 10.0. The summed E-state index contributed by atoms with van der Waals surface area (Å²) in [5, 5.41) is 16.7. The van der Waals surface area contributed by atoms with E-state index < -0.39 is 5.97 Å². The average Bonchev–Trinajstić information content (AvgIpc) is 2.95. The lowest BCUT2D eigenvalue weighted by Gasteiger charge is -2.31. The molecule has 5 nitrogen and oxygen atoms in total. The molecule has 0 fully saturated rings. The van der Waals surface area contributed by atoms with E-state index in [1.807, 2.05) is 19.9 Å². The molecule has 0 atom stereocenters. The molecule has 0 aromatic rings. The maximum absolute atomic E-state index is 11.7. The number of aliphatic carboxylic acids is 1. The molecule has 2 aliphatic rings. The summed E-state index contributed by atoms with van der Waals surface area (Å²) in [5.74, 6) is -0.513. The van der Waals surface area contributed by atoms with Crippen molar-refractivity contribution in [3.8, 4) is 0 Å². The monoisotopic (exact) mass is 361 g/mol. The fourth-order valence-corrected chi connectivity index (χ4v) is 3.99. The molecular weight excluding hydrogens is 326 g/mol. The smallest absolute Gasteiger partial charge is 0.202 e. The van der Waals surface area contributed by atoms with Crippen molar-refractivity contribution in [2.45, 2.75) is 79.1 Å². The molecule has 2 aliphatic heterocycles. The topological polar surface area (TPSA) is 55.7 Å². The second kappa shape index (κ2) is 9.36. The van der Waals surface area contributed by atoms with Gasteiger partial charge in [0.1, 0.15) is 13.1 Å². The zero-order chi connectivity index (χ0) is 19.2. The van der Waals surface area contributed by atoms with Gasteiger partial charge in [-0.2, -0.15) is 4.59 Å². The van der Waals surface area contributed by atoms with E-state index in [4.69, 9.17) is 5.10 Å². The second-order valence-electron chi connectivity index (χ2n) is 7.79. The van der Waals surface area contributed by atoms with E-state index in [9.17, 15) is 9.90 Å². The van der Waals surface area contributed by atoms with Crippen LogP contribution in [0.5, 0.6) is 0 Å². The first-order chi connectivity index (χ1) is 12.4. The maximum Gasteiger partial charge on any atom is 0.202 e. The van der Waals surface area contributed by atoms with Gasteiger partial charge < -0.3 is 9.90 Å². The highest BCUT2D eigenvalue weighted by Crippen LogP contribution is 2.32. The Morgan fingerprint density at radius 2 is 1.65 bits per heavy atom. The van der Waals surface area contributed by atoms with Crippen LogP contribution in [0.1, 0.15) is 79.1 Å². The number of hydrogen-bond donors (Lipinski definition) is 0. The van der Waals surface area contributed by atoms with E-state index >= 15 is 0 Å². The number of carbonyl (C=O) groups excluding carboxylic acids is 1. The fourth-order valence-electron chi connectivity index (χ4n) is 3.99. The van der Waals surface area contributed by atoms with Crippen molar-refractivity contribution >= 4 is 11.8 Å². The molecule has 5 heteroatoms. The van der Waals surface area contributed by atoms with Gasteiger partial charge >= 0.3 is 0 Å². The Hall–Kier alpha value is -1.62. The summed E-state index contributed by atoms with van der Waals surface area (Å²) in [6.07, 6.45) is 11.6. The van der Waals surface area contributed by atoms with E-state index in [0.29, 0.717) is 10.4 Å². The van der Waals surface area contributed by atoms with Crippen LogP contribution in [0.3, 0.4) is 0 Å². The van der Waals surface area contributed by atoms with Gasteiger partial charge in [0, 0.05) is 11.3 Å². The highest BCUT2D eigenvalue weighted by atomic mass is 16.4. The van der Waals surface area contributed by atoms with Crippen LogP contribution >= 0.6 is 0 Å². The van der Waals surface area contributed by atoms with Crippen molar-refractivity contribution in [2.24, 2.45) is 5.10 Å². The first kappa shape index (κ1) is 20.7. The van der Waals surface area contributed by atoms with E-state index in [1.54, 1.807) is 0 Å². The number of amidine groups is 1. The van der Waals surface area contributed by atoms with Crippen molar-refractivity contribution in [1.29, 1.82) is 0 Å². The Morgan fingerprint density at radius 1 is 1.08 bits per heavy atom. The summed E-state index contributed by atoms with van der Waals surface area (Å²) >= 11 is 0. The third-order valence-electron chi connectivity index (χ3n) is 5.50. The Bertz CT molecular complexity index is 592. The molecule has 0 spiro atoms. The molecule has 0 aliphatic carbocycles. The van der Waals surface area contributed by atoms with Gasteiger partial charge in [-0.3, -0.25) is 4.90 Å². The largest absolute Gasteiger partial charge is 0.545 e. The van der Waals surface area contributed by atoms with E-state index in [0.717, 1.165) is 43.9 Å². The summed E-state index contributed by atoms with van der Waals surface area (Å²) in [6, 6.07) is 0. The first-order valence-electron chi connectivity index (χ1n) is 10.3. The molecule has 0 unspecified atom stereocenters. The predicted molar refractivity (Wildman–Crippen MR) is 104 cm³/mol. The molecule has 0 N–H and O–H groups in total. The number of quaternary nitrogens is 1. The molecule has 0 saturated heterocycles. The zero-order valence-corrected chi connectivity index (χ0v) is 17.0. The normalized spacial score (nSPS) is 18.7. The van der Waals surface area contributed by atoms with Crippen molar-refractivity contribution in [2.75, 3.05) is 19.8 Å². The fraction of sp³-hybridized carbons (Fsp3) is 0.714. The highest BCUT2D eigenvalue weighted by molar-refractivity contribution is 6.19. The molecule has 0 aromatic carbocycles. The molecule has 0 radical (unpaired) electrons. The van der Waals surface area contributed by atoms with Crippen molar-refractivity contribution < 1.29 is 14.5 Å². The van der Waals surface area contributed by atoms with Crippen LogP contribution in [-0.2, 0) is 4.79 Å². The van der Waals surface area contributed by atoms with Crippen molar-refractivity contribution in [1.82, 2.24) is 4.90 Å². The van der Waals surface area contributed by atoms with Gasteiger partial charge in [0.05, 0.1) is 5.97 Å². The Labute approximate surface area is 158 Å². The SMILES string of the molecule is CCCCCC[N+]1(CCCCCC)CN2C(C)=CC(C)=C(C(=O)[O-])C2=N1. The maximum atomic E-state index is 11.7. The van der Waals surface area contributed by atoms with Gasteiger partial charge in [0.15, 0.2) is 6.67 Å². The van der Waals surface area contributed by atoms with Crippen LogP contribution in [0.25, 0.3) is 0 Å². The summed E-state index contributed by atoms with van der Waals surface area (Å²) in [6.45, 7) is 11.0. The van der Waals surface area contributed by atoms with E-state index in [1.165, 1.54) is 38.5 Å². The van der Waals surface area contributed by atoms with Crippen LogP contribution < -0.4 is 5.11 Å². The first-order valence-corrected chi connectivity index (χ1v) is 10.3. The number of carboxylic acid groups (broad SMARTS) is 1. The molecular formula is C21H35N3O2. The number of unbranched alkanes of at least 4 members (excludes halogenated alkanes) is 6. The predicted octanol–water partition coefficient (Wildman–Crippen LogP) is 3.53. The molecule has 2 heterocycles. The van der Waals surface area contributed by atoms with E-state index in [2.05, 4.69) is 18.7 Å². The van der Waals surface area contributed by atoms with Crippen LogP contribution in [0.2, 0.25) is 0 Å². The number of nitrogens with zero attached hydrogens (tertiary/aromatic N) is 3. The van der Waals surface area contributed by atoms with Gasteiger partial charge in [-0.25, -0.2) is 0 Å². The van der Waals surface area contributed by atoms with Gasteiger partial charge in [0.25, 0.3) is 0 Å². The third-order valence-corrected chi connectivity index (χ3v) is 5.50. The third kappa shape index (κ3) is 4.76. The highest BCUT2D eigenvalue weighted by Gasteiger charge is 2.42. The molecule has 0 aromatic heterocycles. The zero-order valence-electron chi connectivity index (χ0n) is 17.0. The number of hydrogen-bond acceptors (Lipinski definition) is 4.